The average Bonchev–Trinajstić information content (AvgIpc) is 2.01. The number of fused-ring (bicyclic) bond motifs is 1. The van der Waals surface area contributed by atoms with E-state index in [-0.39, 0.29) is 0 Å². The fourth-order valence-corrected chi connectivity index (χ4v) is 3.22. The predicted molar refractivity (Wildman–Crippen MR) is 48.5 cm³/mol. The molecule has 0 heterocycles. The first-order chi connectivity index (χ1) is 5.42. The Hall–Kier alpha value is 0. The summed E-state index contributed by atoms with van der Waals surface area (Å²) in [6.45, 7) is 2.33. The first kappa shape index (κ1) is 7.64. The van der Waals surface area contributed by atoms with Gasteiger partial charge < -0.3 is 0 Å². The van der Waals surface area contributed by atoms with Crippen molar-refractivity contribution in [3.63, 3.8) is 0 Å². The monoisotopic (exact) mass is 152 g/mol. The van der Waals surface area contributed by atoms with Crippen molar-refractivity contribution in [1.82, 2.24) is 0 Å². The van der Waals surface area contributed by atoms with Crippen LogP contribution in [0.4, 0.5) is 0 Å². The zero-order valence-corrected chi connectivity index (χ0v) is 7.68. The molecule has 0 spiro atoms. The van der Waals surface area contributed by atoms with Gasteiger partial charge in [-0.2, -0.15) is 0 Å². The smallest absolute Gasteiger partial charge is 0.0357 e. The van der Waals surface area contributed by atoms with E-state index in [0.29, 0.717) is 0 Å². The Labute approximate surface area is 70.4 Å². The molecule has 0 aromatic carbocycles. The fourth-order valence-electron chi connectivity index (χ4n) is 3.22. The lowest BCUT2D eigenvalue weighted by Gasteiger charge is -2.48. The van der Waals surface area contributed by atoms with E-state index in [1.54, 1.807) is 19.3 Å². The topological polar surface area (TPSA) is 0 Å². The molecule has 0 amide bonds. The van der Waals surface area contributed by atoms with Crippen LogP contribution in [-0.4, -0.2) is 0 Å². The molecule has 2 aliphatic carbocycles. The lowest BCUT2D eigenvalue weighted by atomic mass is 9.57. The molecule has 64 valence electrons. The molecule has 0 bridgehead atoms. The predicted octanol–water partition coefficient (Wildman–Crippen LogP) is 3.61. The molecule has 3 atom stereocenters. The van der Waals surface area contributed by atoms with Crippen LogP contribution in [0.1, 0.15) is 51.9 Å². The maximum atomic E-state index is 2.33. The molecule has 2 fully saturated rings. The van der Waals surface area contributed by atoms with E-state index in [1.807, 2.05) is 0 Å². The summed E-state index contributed by atoms with van der Waals surface area (Å²) in [6.07, 6.45) is 10.7. The molecule has 2 saturated carbocycles. The van der Waals surface area contributed by atoms with Crippen LogP contribution in [0, 0.1) is 17.8 Å². The first-order valence-electron chi connectivity index (χ1n) is 5.42. The largest absolute Gasteiger partial charge is 0.0654 e. The molecule has 11 heavy (non-hydrogen) atoms. The molecular weight excluding hydrogens is 132 g/mol. The van der Waals surface area contributed by atoms with Gasteiger partial charge in [-0.15, -0.1) is 0 Å². The molecule has 0 saturated heterocycles. The summed E-state index contributed by atoms with van der Waals surface area (Å²) < 4.78 is 0. The maximum absolute atomic E-state index is 2.33. The van der Waals surface area contributed by atoms with Gasteiger partial charge in [0.15, 0.2) is 0 Å². The second-order valence-corrected chi connectivity index (χ2v) is 4.49. The van der Waals surface area contributed by atoms with Gasteiger partial charge in [0.2, 0.25) is 0 Å². The molecule has 0 nitrogen and oxygen atoms in total. The highest BCUT2D eigenvalue weighted by atomic mass is 14.5. The standard InChI is InChI=1S/C11H20/c1-2-5-9-8-10-6-3-4-7-11(9)10/h9-11H,2-8H2,1H3/t9-,10?,11?/m0/s1. The van der Waals surface area contributed by atoms with Crippen molar-refractivity contribution in [2.45, 2.75) is 51.9 Å². The van der Waals surface area contributed by atoms with Crippen molar-refractivity contribution >= 4 is 0 Å². The van der Waals surface area contributed by atoms with Crippen LogP contribution in [0.3, 0.4) is 0 Å². The van der Waals surface area contributed by atoms with E-state index < -0.39 is 0 Å². The van der Waals surface area contributed by atoms with Gasteiger partial charge in [0.05, 0.1) is 0 Å². The van der Waals surface area contributed by atoms with Crippen LogP contribution < -0.4 is 0 Å². The van der Waals surface area contributed by atoms with Crippen molar-refractivity contribution in [1.29, 1.82) is 0 Å². The Balaban J connectivity index is 1.81. The third-order valence-corrected chi connectivity index (χ3v) is 3.84. The Morgan fingerprint density at radius 3 is 2.73 bits per heavy atom. The molecule has 0 N–H and O–H groups in total. The summed E-state index contributed by atoms with van der Waals surface area (Å²) in [5.41, 5.74) is 0. The summed E-state index contributed by atoms with van der Waals surface area (Å²) in [5, 5.41) is 0. The van der Waals surface area contributed by atoms with Gasteiger partial charge in [-0.3, -0.25) is 0 Å². The van der Waals surface area contributed by atoms with E-state index in [2.05, 4.69) is 6.92 Å². The zero-order valence-electron chi connectivity index (χ0n) is 7.68. The third-order valence-electron chi connectivity index (χ3n) is 3.84. The lowest BCUT2D eigenvalue weighted by molar-refractivity contribution is 0.0238. The van der Waals surface area contributed by atoms with Crippen molar-refractivity contribution < 1.29 is 0 Å². The van der Waals surface area contributed by atoms with Gasteiger partial charge in [0, 0.05) is 0 Å². The Kier molecular flexibility index (Phi) is 2.20. The molecule has 0 aliphatic heterocycles. The Morgan fingerprint density at radius 1 is 1.18 bits per heavy atom. The molecule has 0 radical (unpaired) electrons. The summed E-state index contributed by atoms with van der Waals surface area (Å²) in [4.78, 5) is 0. The zero-order chi connectivity index (χ0) is 7.68. The molecule has 0 heteroatoms. The summed E-state index contributed by atoms with van der Waals surface area (Å²) in [6, 6.07) is 0. The minimum Gasteiger partial charge on any atom is -0.0654 e. The van der Waals surface area contributed by atoms with E-state index in [4.69, 9.17) is 0 Å². The van der Waals surface area contributed by atoms with Crippen LogP contribution in [0.25, 0.3) is 0 Å². The normalized spacial score (nSPS) is 42.8. The summed E-state index contributed by atoms with van der Waals surface area (Å²) in [7, 11) is 0. The van der Waals surface area contributed by atoms with Gasteiger partial charge in [-0.1, -0.05) is 39.0 Å². The van der Waals surface area contributed by atoms with Crippen molar-refractivity contribution in [3.8, 4) is 0 Å². The highest BCUT2D eigenvalue weighted by molar-refractivity contribution is 4.90. The van der Waals surface area contributed by atoms with Gasteiger partial charge >= 0.3 is 0 Å². The van der Waals surface area contributed by atoms with Gasteiger partial charge in [-0.25, -0.2) is 0 Å². The van der Waals surface area contributed by atoms with Gasteiger partial charge in [-0.05, 0) is 30.6 Å². The van der Waals surface area contributed by atoms with E-state index >= 15 is 0 Å². The number of hydrogen-bond donors (Lipinski definition) is 0. The van der Waals surface area contributed by atoms with Gasteiger partial charge in [0.25, 0.3) is 0 Å². The SMILES string of the molecule is CCC[C@H]1CC2CCCCC21. The number of rotatable bonds is 2. The Morgan fingerprint density at radius 2 is 2.00 bits per heavy atom. The molecule has 2 aliphatic rings. The first-order valence-corrected chi connectivity index (χ1v) is 5.42. The second kappa shape index (κ2) is 3.16. The van der Waals surface area contributed by atoms with Gasteiger partial charge in [0.1, 0.15) is 0 Å². The average molecular weight is 152 g/mol. The third kappa shape index (κ3) is 1.32. The number of hydrogen-bond acceptors (Lipinski definition) is 0. The summed E-state index contributed by atoms with van der Waals surface area (Å²) in [5.74, 6) is 3.48. The fraction of sp³-hybridized carbons (Fsp3) is 1.00. The highest BCUT2D eigenvalue weighted by Crippen LogP contribution is 2.50. The van der Waals surface area contributed by atoms with Crippen LogP contribution in [-0.2, 0) is 0 Å². The van der Waals surface area contributed by atoms with Crippen LogP contribution >= 0.6 is 0 Å². The highest BCUT2D eigenvalue weighted by Gasteiger charge is 2.40. The lowest BCUT2D eigenvalue weighted by Crippen LogP contribution is -2.38. The van der Waals surface area contributed by atoms with E-state index in [9.17, 15) is 0 Å². The van der Waals surface area contributed by atoms with Crippen molar-refractivity contribution in [2.24, 2.45) is 17.8 Å². The van der Waals surface area contributed by atoms with E-state index in [1.165, 1.54) is 37.5 Å². The van der Waals surface area contributed by atoms with Crippen LogP contribution in [0.15, 0.2) is 0 Å². The summed E-state index contributed by atoms with van der Waals surface area (Å²) >= 11 is 0. The van der Waals surface area contributed by atoms with Crippen LogP contribution in [0.2, 0.25) is 0 Å². The van der Waals surface area contributed by atoms with Crippen LogP contribution in [0.5, 0.6) is 0 Å². The minimum absolute atomic E-state index is 1.14. The molecule has 2 rings (SSSR count). The quantitative estimate of drug-likeness (QED) is 0.567. The molecule has 0 aromatic heterocycles. The molecular formula is C11H20. The van der Waals surface area contributed by atoms with Crippen molar-refractivity contribution in [3.05, 3.63) is 0 Å². The molecule has 2 unspecified atom stereocenters. The second-order valence-electron chi connectivity index (χ2n) is 4.49. The Bertz CT molecular complexity index is 128. The molecule has 0 aromatic rings. The van der Waals surface area contributed by atoms with Crippen molar-refractivity contribution in [2.75, 3.05) is 0 Å². The van der Waals surface area contributed by atoms with E-state index in [0.717, 1.165) is 5.92 Å². The minimum atomic E-state index is 1.14. The maximum Gasteiger partial charge on any atom is -0.0357 e.